The van der Waals surface area contributed by atoms with Crippen molar-refractivity contribution in [1.29, 1.82) is 0 Å². The number of aromatic nitrogens is 2. The van der Waals surface area contributed by atoms with E-state index in [0.717, 1.165) is 24.0 Å². The average molecular weight is 222 g/mol. The summed E-state index contributed by atoms with van der Waals surface area (Å²) >= 11 is 0. The van der Waals surface area contributed by atoms with E-state index in [1.165, 1.54) is 0 Å². The lowest BCUT2D eigenvalue weighted by Gasteiger charge is -2.12. The summed E-state index contributed by atoms with van der Waals surface area (Å²) in [7, 11) is 0. The molecule has 0 spiro atoms. The monoisotopic (exact) mass is 222 g/mol. The number of carboxylic acid groups (broad SMARTS) is 1. The van der Waals surface area contributed by atoms with Crippen LogP contribution in [-0.4, -0.2) is 27.0 Å². The summed E-state index contributed by atoms with van der Waals surface area (Å²) in [6.07, 6.45) is -2.22. The molecule has 0 aliphatic heterocycles. The summed E-state index contributed by atoms with van der Waals surface area (Å²) in [6, 6.07) is 0. The first kappa shape index (κ1) is 11.5. The van der Waals surface area contributed by atoms with Crippen LogP contribution in [0.4, 0.5) is 13.2 Å². The van der Waals surface area contributed by atoms with Crippen molar-refractivity contribution in [3.63, 3.8) is 0 Å². The Morgan fingerprint density at radius 3 is 2.73 bits per heavy atom. The summed E-state index contributed by atoms with van der Waals surface area (Å²) in [5, 5.41) is 11.9. The number of rotatable bonds is 3. The van der Waals surface area contributed by atoms with Gasteiger partial charge in [-0.3, -0.25) is 9.48 Å². The van der Waals surface area contributed by atoms with E-state index >= 15 is 0 Å². The van der Waals surface area contributed by atoms with Crippen LogP contribution in [0.3, 0.4) is 0 Å². The lowest BCUT2D eigenvalue weighted by atomic mass is 10.1. The van der Waals surface area contributed by atoms with Crippen molar-refractivity contribution in [1.82, 2.24) is 9.78 Å². The molecule has 0 fully saturated rings. The number of hydrogen-bond acceptors (Lipinski definition) is 2. The largest absolute Gasteiger partial charge is 0.480 e. The minimum absolute atomic E-state index is 0.0382. The predicted octanol–water partition coefficient (Wildman–Crippen LogP) is 1.63. The highest BCUT2D eigenvalue weighted by molar-refractivity contribution is 5.66. The van der Waals surface area contributed by atoms with Gasteiger partial charge in [-0.25, -0.2) is 0 Å². The first-order chi connectivity index (χ1) is 6.80. The zero-order valence-electron chi connectivity index (χ0n) is 7.82. The summed E-state index contributed by atoms with van der Waals surface area (Å²) in [6.45, 7) is 0.562. The highest BCUT2D eigenvalue weighted by Crippen LogP contribution is 2.33. The molecule has 0 amide bonds. The van der Waals surface area contributed by atoms with Gasteiger partial charge in [-0.1, -0.05) is 0 Å². The van der Waals surface area contributed by atoms with Crippen LogP contribution in [0.25, 0.3) is 0 Å². The molecule has 15 heavy (non-hydrogen) atoms. The molecule has 1 atom stereocenters. The lowest BCUT2D eigenvalue weighted by Crippen LogP contribution is -2.17. The van der Waals surface area contributed by atoms with Crippen molar-refractivity contribution in [3.8, 4) is 0 Å². The number of carbonyl (C=O) groups is 1. The number of aliphatic carboxylic acids is 1. The molecule has 0 aromatic carbocycles. The van der Waals surface area contributed by atoms with E-state index in [2.05, 4.69) is 5.10 Å². The van der Waals surface area contributed by atoms with Crippen molar-refractivity contribution in [2.45, 2.75) is 25.6 Å². The highest BCUT2D eigenvalue weighted by atomic mass is 19.4. The Hall–Kier alpha value is -1.53. The van der Waals surface area contributed by atoms with Crippen molar-refractivity contribution >= 4 is 5.97 Å². The van der Waals surface area contributed by atoms with Gasteiger partial charge in [0.25, 0.3) is 0 Å². The Morgan fingerprint density at radius 2 is 2.27 bits per heavy atom. The number of carboxylic acids is 1. The first-order valence-corrected chi connectivity index (χ1v) is 4.11. The Labute approximate surface area is 83.3 Å². The van der Waals surface area contributed by atoms with Gasteiger partial charge in [0.2, 0.25) is 0 Å². The third-order valence-electron chi connectivity index (χ3n) is 1.94. The molecule has 1 N–H and O–H groups in total. The molecule has 0 bridgehead atoms. The van der Waals surface area contributed by atoms with E-state index < -0.39 is 24.6 Å². The van der Waals surface area contributed by atoms with Gasteiger partial charge in [0.1, 0.15) is 6.54 Å². The van der Waals surface area contributed by atoms with Gasteiger partial charge in [-0.05, 0) is 6.92 Å². The van der Waals surface area contributed by atoms with Gasteiger partial charge in [0.05, 0.1) is 12.1 Å². The average Bonchev–Trinajstić information content (AvgIpc) is 2.48. The van der Waals surface area contributed by atoms with Crippen LogP contribution in [0.1, 0.15) is 18.4 Å². The third kappa shape index (κ3) is 2.97. The van der Waals surface area contributed by atoms with Gasteiger partial charge in [0.15, 0.2) is 0 Å². The van der Waals surface area contributed by atoms with E-state index in [4.69, 9.17) is 5.11 Å². The van der Waals surface area contributed by atoms with Crippen LogP contribution in [0.2, 0.25) is 0 Å². The van der Waals surface area contributed by atoms with Crippen LogP contribution in [-0.2, 0) is 11.3 Å². The summed E-state index contributed by atoms with van der Waals surface area (Å²) in [4.78, 5) is 10.3. The summed E-state index contributed by atoms with van der Waals surface area (Å²) in [5.41, 5.74) is -0.0382. The Morgan fingerprint density at radius 1 is 1.67 bits per heavy atom. The molecule has 7 heteroatoms. The molecule has 4 nitrogen and oxygen atoms in total. The normalized spacial score (nSPS) is 13.9. The molecule has 1 aromatic rings. The van der Waals surface area contributed by atoms with E-state index in [-0.39, 0.29) is 5.56 Å². The second-order valence-corrected chi connectivity index (χ2v) is 3.13. The number of alkyl halides is 3. The fourth-order valence-corrected chi connectivity index (χ4v) is 1.02. The van der Waals surface area contributed by atoms with Crippen molar-refractivity contribution in [2.75, 3.05) is 0 Å². The molecule has 1 heterocycles. The molecular formula is C8H9F3N2O2. The Balaban J connectivity index is 2.80. The summed E-state index contributed by atoms with van der Waals surface area (Å²) in [5.74, 6) is -2.79. The van der Waals surface area contributed by atoms with Crippen molar-refractivity contribution in [2.24, 2.45) is 0 Å². The molecular weight excluding hydrogens is 213 g/mol. The van der Waals surface area contributed by atoms with E-state index in [0.29, 0.717) is 0 Å². The fraction of sp³-hybridized carbons (Fsp3) is 0.500. The first-order valence-electron chi connectivity index (χ1n) is 4.11. The van der Waals surface area contributed by atoms with Gasteiger partial charge < -0.3 is 5.11 Å². The van der Waals surface area contributed by atoms with Gasteiger partial charge in [-0.15, -0.1) is 0 Å². The second kappa shape index (κ2) is 3.92. The quantitative estimate of drug-likeness (QED) is 0.845. The minimum atomic E-state index is -4.34. The lowest BCUT2D eigenvalue weighted by molar-refractivity contribution is -0.146. The zero-order chi connectivity index (χ0) is 11.6. The Kier molecular flexibility index (Phi) is 3.01. The molecule has 1 unspecified atom stereocenters. The van der Waals surface area contributed by atoms with Gasteiger partial charge >= 0.3 is 12.1 Å². The highest BCUT2D eigenvalue weighted by Gasteiger charge is 2.37. The standard InChI is InChI=1S/C8H9F3N2O2/c1-5(8(9,10)11)6-2-12-13(3-6)4-7(14)15/h2-3,5H,4H2,1H3,(H,14,15). The molecule has 84 valence electrons. The summed E-state index contributed by atoms with van der Waals surface area (Å²) < 4.78 is 37.7. The minimum Gasteiger partial charge on any atom is -0.480 e. The van der Waals surface area contributed by atoms with E-state index in [9.17, 15) is 18.0 Å². The maximum Gasteiger partial charge on any atom is 0.395 e. The van der Waals surface area contributed by atoms with Crippen molar-refractivity contribution in [3.05, 3.63) is 18.0 Å². The number of halogens is 3. The Bertz CT molecular complexity index is 359. The SMILES string of the molecule is CC(c1cnn(CC(=O)O)c1)C(F)(F)F. The van der Waals surface area contributed by atoms with Crippen LogP contribution in [0.15, 0.2) is 12.4 Å². The van der Waals surface area contributed by atoms with E-state index in [1.807, 2.05) is 0 Å². The molecule has 1 rings (SSSR count). The van der Waals surface area contributed by atoms with Crippen molar-refractivity contribution < 1.29 is 23.1 Å². The van der Waals surface area contributed by atoms with Gasteiger partial charge in [-0.2, -0.15) is 18.3 Å². The van der Waals surface area contributed by atoms with Crippen LogP contribution < -0.4 is 0 Å². The fourth-order valence-electron chi connectivity index (χ4n) is 1.02. The molecule has 0 saturated carbocycles. The maximum atomic E-state index is 12.3. The molecule has 0 aliphatic rings. The number of hydrogen-bond donors (Lipinski definition) is 1. The third-order valence-corrected chi connectivity index (χ3v) is 1.94. The topological polar surface area (TPSA) is 55.1 Å². The molecule has 1 aromatic heterocycles. The zero-order valence-corrected chi connectivity index (χ0v) is 7.82. The maximum absolute atomic E-state index is 12.3. The van der Waals surface area contributed by atoms with Crippen LogP contribution in [0, 0.1) is 0 Å². The van der Waals surface area contributed by atoms with Gasteiger partial charge in [0, 0.05) is 11.8 Å². The molecule has 0 saturated heterocycles. The predicted molar refractivity (Wildman–Crippen MR) is 44.3 cm³/mol. The smallest absolute Gasteiger partial charge is 0.395 e. The second-order valence-electron chi connectivity index (χ2n) is 3.13. The van der Waals surface area contributed by atoms with E-state index in [1.54, 1.807) is 0 Å². The molecule has 0 radical (unpaired) electrons. The van der Waals surface area contributed by atoms with Crippen LogP contribution >= 0.6 is 0 Å². The molecule has 0 aliphatic carbocycles. The van der Waals surface area contributed by atoms with Crippen LogP contribution in [0.5, 0.6) is 0 Å². The number of nitrogens with zero attached hydrogens (tertiary/aromatic N) is 2.